The summed E-state index contributed by atoms with van der Waals surface area (Å²) in [5.41, 5.74) is 2.10. The number of carbonyl (C=O) groups is 1. The predicted molar refractivity (Wildman–Crippen MR) is 133 cm³/mol. The molecule has 0 spiro atoms. The average molecular weight is 500 g/mol. The second kappa shape index (κ2) is 10.4. The molecule has 10 nitrogen and oxygen atoms in total. The Kier molecular flexibility index (Phi) is 6.66. The van der Waals surface area contributed by atoms with Crippen LogP contribution in [0.4, 0.5) is 4.39 Å². The molecule has 1 atom stereocenters. The molecule has 5 rings (SSSR count). The maximum absolute atomic E-state index is 13.2. The van der Waals surface area contributed by atoms with Crippen LogP contribution in [0.1, 0.15) is 13.0 Å². The van der Waals surface area contributed by atoms with Crippen molar-refractivity contribution in [1.82, 2.24) is 34.9 Å². The standard InChI is InChI=1S/C26H22FN7O3/c1-17(33-24(35)14-11-21(31-33)18-7-9-20(27)10-8-18)26(36)28-15-16-37-23-13-12-22-29-30-25(34(22)32-23)19-5-3-2-4-6-19/h2-14,17H,15-16H2,1H3,(H,28,36). The molecule has 3 heterocycles. The number of fused-ring (bicyclic) bond motifs is 1. The molecule has 3 aromatic heterocycles. The number of nitrogens with one attached hydrogen (secondary N) is 1. The van der Waals surface area contributed by atoms with E-state index in [0.717, 1.165) is 10.2 Å². The van der Waals surface area contributed by atoms with Gasteiger partial charge in [-0.05, 0) is 43.3 Å². The van der Waals surface area contributed by atoms with Crippen LogP contribution < -0.4 is 15.6 Å². The second-order valence-corrected chi connectivity index (χ2v) is 8.15. The lowest BCUT2D eigenvalue weighted by molar-refractivity contribution is -0.124. The Bertz CT molecular complexity index is 1600. The quantitative estimate of drug-likeness (QED) is 0.326. The third-order valence-corrected chi connectivity index (χ3v) is 5.63. The molecule has 1 unspecified atom stereocenters. The molecule has 0 fully saturated rings. The number of carbonyl (C=O) groups excluding carboxylic acids is 1. The minimum absolute atomic E-state index is 0.151. The predicted octanol–water partition coefficient (Wildman–Crippen LogP) is 2.91. The molecule has 0 saturated heterocycles. The number of amides is 1. The molecule has 37 heavy (non-hydrogen) atoms. The van der Waals surface area contributed by atoms with Crippen molar-refractivity contribution in [3.05, 3.63) is 95.0 Å². The summed E-state index contributed by atoms with van der Waals surface area (Å²) in [6.07, 6.45) is 0. The molecule has 1 amide bonds. The molecular weight excluding hydrogens is 477 g/mol. The average Bonchev–Trinajstić information content (AvgIpc) is 3.35. The number of rotatable bonds is 8. The van der Waals surface area contributed by atoms with Gasteiger partial charge >= 0.3 is 0 Å². The number of nitrogens with zero attached hydrogens (tertiary/aromatic N) is 6. The summed E-state index contributed by atoms with van der Waals surface area (Å²) in [5, 5.41) is 19.8. The monoisotopic (exact) mass is 499 g/mol. The molecule has 186 valence electrons. The van der Waals surface area contributed by atoms with Crippen molar-refractivity contribution in [2.75, 3.05) is 13.2 Å². The number of aromatic nitrogens is 6. The zero-order valence-corrected chi connectivity index (χ0v) is 19.8. The smallest absolute Gasteiger partial charge is 0.267 e. The molecule has 0 saturated carbocycles. The minimum Gasteiger partial charge on any atom is -0.475 e. The summed E-state index contributed by atoms with van der Waals surface area (Å²) >= 11 is 0. The van der Waals surface area contributed by atoms with Crippen LogP contribution in [-0.4, -0.2) is 48.7 Å². The van der Waals surface area contributed by atoms with E-state index in [4.69, 9.17) is 4.74 Å². The van der Waals surface area contributed by atoms with Gasteiger partial charge in [0.25, 0.3) is 5.56 Å². The fraction of sp³-hybridized carbons (Fsp3) is 0.154. The number of hydrogen-bond acceptors (Lipinski definition) is 7. The Morgan fingerprint density at radius 3 is 2.51 bits per heavy atom. The molecule has 0 bridgehead atoms. The van der Waals surface area contributed by atoms with Crippen LogP contribution in [0.2, 0.25) is 0 Å². The van der Waals surface area contributed by atoms with Crippen molar-refractivity contribution in [2.45, 2.75) is 13.0 Å². The van der Waals surface area contributed by atoms with Crippen LogP contribution in [-0.2, 0) is 4.79 Å². The molecule has 0 radical (unpaired) electrons. The van der Waals surface area contributed by atoms with E-state index in [9.17, 15) is 14.0 Å². The molecule has 11 heteroatoms. The summed E-state index contributed by atoms with van der Waals surface area (Å²) < 4.78 is 21.6. The van der Waals surface area contributed by atoms with Gasteiger partial charge in [-0.25, -0.2) is 9.07 Å². The summed E-state index contributed by atoms with van der Waals surface area (Å²) in [6.45, 7) is 1.91. The van der Waals surface area contributed by atoms with Gasteiger partial charge in [-0.3, -0.25) is 9.59 Å². The van der Waals surface area contributed by atoms with Crippen LogP contribution >= 0.6 is 0 Å². The zero-order valence-electron chi connectivity index (χ0n) is 19.8. The van der Waals surface area contributed by atoms with E-state index in [0.29, 0.717) is 28.6 Å². The van der Waals surface area contributed by atoms with Crippen molar-refractivity contribution in [1.29, 1.82) is 0 Å². The lowest BCUT2D eigenvalue weighted by Crippen LogP contribution is -2.38. The first-order chi connectivity index (χ1) is 18.0. The van der Waals surface area contributed by atoms with Gasteiger partial charge in [0.2, 0.25) is 11.8 Å². The van der Waals surface area contributed by atoms with E-state index < -0.39 is 17.5 Å². The Labute approximate surface area is 210 Å². The number of halogens is 1. The van der Waals surface area contributed by atoms with Gasteiger partial charge < -0.3 is 10.1 Å². The fourth-order valence-corrected chi connectivity index (χ4v) is 3.68. The van der Waals surface area contributed by atoms with Crippen LogP contribution in [0.3, 0.4) is 0 Å². The first-order valence-electron chi connectivity index (χ1n) is 11.5. The van der Waals surface area contributed by atoms with E-state index >= 15 is 0 Å². The highest BCUT2D eigenvalue weighted by atomic mass is 19.1. The van der Waals surface area contributed by atoms with Gasteiger partial charge in [-0.2, -0.15) is 9.61 Å². The SMILES string of the molecule is CC(C(=O)NCCOc1ccc2nnc(-c3ccccc3)n2n1)n1nc(-c2ccc(F)cc2)ccc1=O. The number of hydrogen-bond donors (Lipinski definition) is 1. The number of benzene rings is 2. The molecule has 1 N–H and O–H groups in total. The maximum Gasteiger partial charge on any atom is 0.267 e. The molecule has 5 aromatic rings. The van der Waals surface area contributed by atoms with E-state index in [2.05, 4.69) is 25.7 Å². The lowest BCUT2D eigenvalue weighted by Gasteiger charge is -2.15. The molecule has 0 aliphatic heterocycles. The van der Waals surface area contributed by atoms with Crippen molar-refractivity contribution < 1.29 is 13.9 Å². The second-order valence-electron chi connectivity index (χ2n) is 8.15. The highest BCUT2D eigenvalue weighted by molar-refractivity contribution is 5.79. The largest absolute Gasteiger partial charge is 0.475 e. The molecule has 2 aromatic carbocycles. The van der Waals surface area contributed by atoms with E-state index in [-0.39, 0.29) is 19.0 Å². The third-order valence-electron chi connectivity index (χ3n) is 5.63. The Hall–Kier alpha value is -4.93. The van der Waals surface area contributed by atoms with Gasteiger partial charge in [0, 0.05) is 23.3 Å². The Morgan fingerprint density at radius 1 is 0.946 bits per heavy atom. The lowest BCUT2D eigenvalue weighted by atomic mass is 10.1. The van der Waals surface area contributed by atoms with E-state index in [1.165, 1.54) is 24.3 Å². The summed E-state index contributed by atoms with van der Waals surface area (Å²) in [5.74, 6) is 0.157. The van der Waals surface area contributed by atoms with Gasteiger partial charge in [0.15, 0.2) is 11.5 Å². The van der Waals surface area contributed by atoms with Crippen LogP contribution in [0.5, 0.6) is 5.88 Å². The maximum atomic E-state index is 13.2. The van der Waals surface area contributed by atoms with Crippen molar-refractivity contribution in [2.24, 2.45) is 0 Å². The van der Waals surface area contributed by atoms with Crippen LogP contribution in [0, 0.1) is 5.82 Å². The zero-order chi connectivity index (χ0) is 25.8. The molecule has 0 aliphatic rings. The van der Waals surface area contributed by atoms with E-state index in [1.54, 1.807) is 35.7 Å². The normalized spacial score (nSPS) is 11.8. The summed E-state index contributed by atoms with van der Waals surface area (Å²) in [6, 6.07) is 20.7. The van der Waals surface area contributed by atoms with Crippen molar-refractivity contribution in [3.63, 3.8) is 0 Å². The van der Waals surface area contributed by atoms with Crippen molar-refractivity contribution >= 4 is 11.6 Å². The first kappa shape index (κ1) is 23.8. The number of ether oxygens (including phenoxy) is 1. The van der Waals surface area contributed by atoms with Gasteiger partial charge in [-0.15, -0.1) is 15.3 Å². The van der Waals surface area contributed by atoms with Crippen molar-refractivity contribution in [3.8, 4) is 28.5 Å². The fourth-order valence-electron chi connectivity index (χ4n) is 3.68. The Morgan fingerprint density at radius 2 is 1.73 bits per heavy atom. The topological polar surface area (TPSA) is 116 Å². The molecule has 0 aliphatic carbocycles. The van der Waals surface area contributed by atoms with Crippen LogP contribution in [0.25, 0.3) is 28.3 Å². The summed E-state index contributed by atoms with van der Waals surface area (Å²) in [7, 11) is 0. The summed E-state index contributed by atoms with van der Waals surface area (Å²) in [4.78, 5) is 25.0. The minimum atomic E-state index is -0.868. The van der Waals surface area contributed by atoms with Gasteiger partial charge in [0.05, 0.1) is 12.2 Å². The molecular formula is C26H22FN7O3. The Balaban J connectivity index is 1.21. The van der Waals surface area contributed by atoms with Gasteiger partial charge in [0.1, 0.15) is 18.5 Å². The van der Waals surface area contributed by atoms with Gasteiger partial charge in [-0.1, -0.05) is 30.3 Å². The highest BCUT2D eigenvalue weighted by Crippen LogP contribution is 2.19. The highest BCUT2D eigenvalue weighted by Gasteiger charge is 2.18. The third kappa shape index (κ3) is 5.20. The first-order valence-corrected chi connectivity index (χ1v) is 11.5. The van der Waals surface area contributed by atoms with E-state index in [1.807, 2.05) is 30.3 Å². The van der Waals surface area contributed by atoms with Crippen LogP contribution in [0.15, 0.2) is 83.7 Å².